The molecular weight excluding hydrogens is 595 g/mol. The van der Waals surface area contributed by atoms with E-state index in [1.165, 1.54) is 48.7 Å². The molecule has 0 aliphatic heterocycles. The van der Waals surface area contributed by atoms with Gasteiger partial charge in [0, 0.05) is 56.0 Å². The summed E-state index contributed by atoms with van der Waals surface area (Å²) in [6.45, 7) is 2.15. The van der Waals surface area contributed by atoms with Crippen molar-refractivity contribution in [1.82, 2.24) is 15.0 Å². The minimum absolute atomic E-state index is 0.923. The summed E-state index contributed by atoms with van der Waals surface area (Å²) in [4.78, 5) is 15.3. The molecule has 0 amide bonds. The number of hydrogen-bond donors (Lipinski definition) is 0. The van der Waals surface area contributed by atoms with Gasteiger partial charge in [0.1, 0.15) is 0 Å². The molecule has 3 nitrogen and oxygen atoms in total. The second kappa shape index (κ2) is 10.8. The number of pyridine rings is 3. The van der Waals surface area contributed by atoms with Gasteiger partial charge in [-0.05, 0) is 63.2 Å². The summed E-state index contributed by atoms with van der Waals surface area (Å²) >= 11 is 0. The molecule has 3 aromatic heterocycles. The summed E-state index contributed by atoms with van der Waals surface area (Å²) in [6, 6.07) is 51.8. The molecule has 0 N–H and O–H groups in total. The van der Waals surface area contributed by atoms with Crippen molar-refractivity contribution >= 4 is 64.9 Å². The molecule has 0 aliphatic rings. The first-order chi connectivity index (χ1) is 24.2. The molecule has 0 unspecified atom stereocenters. The van der Waals surface area contributed by atoms with Crippen LogP contribution in [0.15, 0.2) is 158 Å². The van der Waals surface area contributed by atoms with Crippen LogP contribution in [0.4, 0.5) is 0 Å². The van der Waals surface area contributed by atoms with Gasteiger partial charge in [-0.3, -0.25) is 9.97 Å². The Labute approximate surface area is 283 Å². The van der Waals surface area contributed by atoms with Crippen molar-refractivity contribution in [3.63, 3.8) is 0 Å². The monoisotopic (exact) mass is 623 g/mol. The maximum atomic E-state index is 5.47. The van der Waals surface area contributed by atoms with Gasteiger partial charge in [-0.1, -0.05) is 127 Å². The van der Waals surface area contributed by atoms with Gasteiger partial charge >= 0.3 is 0 Å². The van der Waals surface area contributed by atoms with E-state index >= 15 is 0 Å². The Morgan fingerprint density at radius 2 is 1.12 bits per heavy atom. The SMILES string of the molecule is Cc1cccc2ccc3c(-c4ccc(-c5cccc(-c6nc7c8ccccc8c8ccccc8c7c7ccccc67)c5)nc4)ccnc3c12. The van der Waals surface area contributed by atoms with E-state index in [1.54, 1.807) is 0 Å². The lowest BCUT2D eigenvalue weighted by molar-refractivity contribution is 1.32. The Morgan fingerprint density at radius 1 is 0.429 bits per heavy atom. The van der Waals surface area contributed by atoms with E-state index in [9.17, 15) is 0 Å². The quantitative estimate of drug-likeness (QED) is 0.184. The number of nitrogens with zero attached hydrogens (tertiary/aromatic N) is 3. The topological polar surface area (TPSA) is 38.7 Å². The summed E-state index contributed by atoms with van der Waals surface area (Å²) in [6.07, 6.45) is 3.90. The van der Waals surface area contributed by atoms with Crippen LogP contribution in [0.1, 0.15) is 5.56 Å². The van der Waals surface area contributed by atoms with Crippen LogP contribution in [0.25, 0.3) is 98.5 Å². The number of fused-ring (bicyclic) bond motifs is 11. The number of aryl methyl sites for hydroxylation is 1. The fourth-order valence-corrected chi connectivity index (χ4v) is 7.78. The van der Waals surface area contributed by atoms with Gasteiger partial charge in [-0.15, -0.1) is 0 Å². The maximum Gasteiger partial charge on any atom is 0.0800 e. The van der Waals surface area contributed by atoms with Gasteiger partial charge in [-0.25, -0.2) is 4.98 Å². The summed E-state index contributed by atoms with van der Waals surface area (Å²) < 4.78 is 0. The van der Waals surface area contributed by atoms with Crippen LogP contribution < -0.4 is 0 Å². The Kier molecular flexibility index (Phi) is 6.09. The van der Waals surface area contributed by atoms with Crippen molar-refractivity contribution in [1.29, 1.82) is 0 Å². The van der Waals surface area contributed by atoms with Crippen LogP contribution in [-0.4, -0.2) is 15.0 Å². The number of aromatic nitrogens is 3. The maximum absolute atomic E-state index is 5.47. The number of benzene rings is 7. The van der Waals surface area contributed by atoms with E-state index < -0.39 is 0 Å². The molecule has 0 fully saturated rings. The van der Waals surface area contributed by atoms with Gasteiger partial charge in [0.05, 0.1) is 22.4 Å². The molecule has 0 radical (unpaired) electrons. The van der Waals surface area contributed by atoms with Crippen LogP contribution in [0.2, 0.25) is 0 Å². The molecule has 0 saturated heterocycles. The van der Waals surface area contributed by atoms with Gasteiger partial charge in [-0.2, -0.15) is 0 Å². The van der Waals surface area contributed by atoms with Gasteiger partial charge in [0.15, 0.2) is 0 Å². The fourth-order valence-electron chi connectivity index (χ4n) is 7.78. The zero-order valence-corrected chi connectivity index (χ0v) is 26.9. The first kappa shape index (κ1) is 27.6. The molecule has 10 rings (SSSR count). The molecule has 3 heterocycles. The van der Waals surface area contributed by atoms with Crippen molar-refractivity contribution in [3.8, 4) is 33.6 Å². The molecule has 10 aromatic rings. The average Bonchev–Trinajstić information content (AvgIpc) is 3.17. The normalized spacial score (nSPS) is 11.8. The predicted molar refractivity (Wildman–Crippen MR) is 206 cm³/mol. The zero-order valence-electron chi connectivity index (χ0n) is 26.9. The molecule has 49 heavy (non-hydrogen) atoms. The van der Waals surface area contributed by atoms with Crippen molar-refractivity contribution in [2.75, 3.05) is 0 Å². The fraction of sp³-hybridized carbons (Fsp3) is 0.0217. The van der Waals surface area contributed by atoms with Gasteiger partial charge < -0.3 is 0 Å². The van der Waals surface area contributed by atoms with Crippen molar-refractivity contribution in [2.45, 2.75) is 6.92 Å². The first-order valence-corrected chi connectivity index (χ1v) is 16.7. The van der Waals surface area contributed by atoms with Crippen LogP contribution in [0.5, 0.6) is 0 Å². The second-order valence-electron chi connectivity index (χ2n) is 12.8. The van der Waals surface area contributed by atoms with E-state index in [2.05, 4.69) is 153 Å². The van der Waals surface area contributed by atoms with Crippen LogP contribution in [-0.2, 0) is 0 Å². The summed E-state index contributed by atoms with van der Waals surface area (Å²) in [5.41, 5.74) is 9.52. The van der Waals surface area contributed by atoms with E-state index in [1.807, 2.05) is 12.4 Å². The van der Waals surface area contributed by atoms with Crippen molar-refractivity contribution in [3.05, 3.63) is 164 Å². The van der Waals surface area contributed by atoms with Crippen molar-refractivity contribution in [2.24, 2.45) is 0 Å². The van der Waals surface area contributed by atoms with Crippen molar-refractivity contribution < 1.29 is 0 Å². The highest BCUT2D eigenvalue weighted by atomic mass is 14.7. The third kappa shape index (κ3) is 4.26. The number of rotatable bonds is 3. The van der Waals surface area contributed by atoms with Crippen LogP contribution in [0, 0.1) is 6.92 Å². The second-order valence-corrected chi connectivity index (χ2v) is 12.8. The average molecular weight is 624 g/mol. The third-order valence-corrected chi connectivity index (χ3v) is 10.0. The molecule has 3 heteroatoms. The summed E-state index contributed by atoms with van der Waals surface area (Å²) in [5, 5.41) is 12.0. The van der Waals surface area contributed by atoms with Gasteiger partial charge in [0.2, 0.25) is 0 Å². The lowest BCUT2D eigenvalue weighted by atomic mass is 9.92. The standard InChI is InChI=1S/C46H29N3/c1-28-10-8-11-29-20-22-40-33(24-25-47-45(40)42(28)29)32-21-23-41(48-27-32)30-12-9-13-31(26-30)44-39-19-7-5-17-37(39)43-36-16-4-2-14-34(36)35-15-3-6-18-38(35)46(43)49-44/h2-27H,1H3. The third-order valence-electron chi connectivity index (χ3n) is 10.0. The Morgan fingerprint density at radius 3 is 1.92 bits per heavy atom. The molecule has 0 spiro atoms. The highest BCUT2D eigenvalue weighted by Gasteiger charge is 2.17. The largest absolute Gasteiger partial charge is 0.256 e. The van der Waals surface area contributed by atoms with Crippen LogP contribution >= 0.6 is 0 Å². The highest BCUT2D eigenvalue weighted by molar-refractivity contribution is 6.31. The smallest absolute Gasteiger partial charge is 0.0800 e. The lowest BCUT2D eigenvalue weighted by Crippen LogP contribution is -1.93. The molecule has 0 bridgehead atoms. The van der Waals surface area contributed by atoms with Gasteiger partial charge in [0.25, 0.3) is 0 Å². The van der Waals surface area contributed by atoms with E-state index in [-0.39, 0.29) is 0 Å². The Bertz CT molecular complexity index is 2940. The van der Waals surface area contributed by atoms with E-state index in [4.69, 9.17) is 15.0 Å². The molecule has 228 valence electrons. The number of hydrogen-bond acceptors (Lipinski definition) is 3. The first-order valence-electron chi connectivity index (χ1n) is 16.7. The zero-order chi connectivity index (χ0) is 32.5. The lowest BCUT2D eigenvalue weighted by Gasteiger charge is -2.15. The molecule has 0 aliphatic carbocycles. The Hall–Kier alpha value is -6.45. The predicted octanol–water partition coefficient (Wildman–Crippen LogP) is 12.1. The minimum Gasteiger partial charge on any atom is -0.256 e. The molecule has 0 atom stereocenters. The Balaban J connectivity index is 1.11. The summed E-state index contributed by atoms with van der Waals surface area (Å²) in [5.74, 6) is 0. The highest BCUT2D eigenvalue weighted by Crippen LogP contribution is 2.41. The molecule has 7 aromatic carbocycles. The summed E-state index contributed by atoms with van der Waals surface area (Å²) in [7, 11) is 0. The molecular formula is C46H29N3. The molecule has 0 saturated carbocycles. The van der Waals surface area contributed by atoms with Crippen LogP contribution in [0.3, 0.4) is 0 Å². The minimum atomic E-state index is 0.923. The van der Waals surface area contributed by atoms with E-state index in [0.717, 1.165) is 55.4 Å². The van der Waals surface area contributed by atoms with E-state index in [0.29, 0.717) is 0 Å².